The zero-order valence-electron chi connectivity index (χ0n) is 15.6. The van der Waals surface area contributed by atoms with Crippen molar-refractivity contribution in [3.63, 3.8) is 0 Å². The van der Waals surface area contributed by atoms with Gasteiger partial charge in [-0.05, 0) is 58.0 Å². The monoisotopic (exact) mass is 368 g/mol. The van der Waals surface area contributed by atoms with Crippen LogP contribution in [0, 0.1) is 6.92 Å². The first-order chi connectivity index (χ1) is 12.2. The lowest BCUT2D eigenvalue weighted by molar-refractivity contribution is 0.0917. The molecule has 2 amide bonds. The van der Waals surface area contributed by atoms with E-state index in [1.807, 2.05) is 70.2 Å². The summed E-state index contributed by atoms with van der Waals surface area (Å²) in [5, 5.41) is 2.98. The van der Waals surface area contributed by atoms with Crippen LogP contribution >= 0.6 is 11.8 Å². The number of carbonyl (C=O) groups is 2. The van der Waals surface area contributed by atoms with E-state index in [9.17, 15) is 9.59 Å². The van der Waals surface area contributed by atoms with Crippen LogP contribution in [-0.2, 0) is 0 Å². The summed E-state index contributed by atoms with van der Waals surface area (Å²) in [5.74, 6) is 0.691. The number of rotatable bonds is 2. The Bertz CT molecular complexity index is 838. The largest absolute Gasteiger partial charge is 0.347 e. The Balaban J connectivity index is 1.92. The number of nitrogens with one attached hydrogen (secondary N) is 1. The maximum Gasteiger partial charge on any atom is 0.258 e. The van der Waals surface area contributed by atoms with E-state index in [2.05, 4.69) is 5.32 Å². The molecule has 0 spiro atoms. The van der Waals surface area contributed by atoms with E-state index in [1.54, 1.807) is 16.7 Å². The van der Waals surface area contributed by atoms with E-state index in [0.29, 0.717) is 17.7 Å². The molecule has 5 heteroatoms. The molecule has 3 rings (SSSR count). The van der Waals surface area contributed by atoms with Gasteiger partial charge >= 0.3 is 0 Å². The molecular weight excluding hydrogens is 344 g/mol. The number of aryl methyl sites for hydroxylation is 1. The van der Waals surface area contributed by atoms with Crippen LogP contribution in [0.25, 0.3) is 0 Å². The lowest BCUT2D eigenvalue weighted by Gasteiger charge is -2.30. The number of amides is 2. The molecule has 0 aliphatic carbocycles. The SMILES string of the molecule is Cc1ccc(C(=O)N2CCSc3ccc(C(=O)NC(C)(C)C)cc32)cc1. The average molecular weight is 369 g/mol. The molecule has 0 saturated carbocycles. The number of thioether (sulfide) groups is 1. The van der Waals surface area contributed by atoms with E-state index >= 15 is 0 Å². The van der Waals surface area contributed by atoms with Gasteiger partial charge in [0.1, 0.15) is 0 Å². The number of benzene rings is 2. The van der Waals surface area contributed by atoms with Crippen LogP contribution in [0.5, 0.6) is 0 Å². The lowest BCUT2D eigenvalue weighted by atomic mass is 10.1. The number of hydrogen-bond acceptors (Lipinski definition) is 3. The van der Waals surface area contributed by atoms with Crippen molar-refractivity contribution < 1.29 is 9.59 Å². The van der Waals surface area contributed by atoms with Crippen molar-refractivity contribution in [1.29, 1.82) is 0 Å². The molecule has 26 heavy (non-hydrogen) atoms. The molecule has 4 nitrogen and oxygen atoms in total. The summed E-state index contributed by atoms with van der Waals surface area (Å²) in [5.41, 5.74) is 2.87. The minimum Gasteiger partial charge on any atom is -0.347 e. The maximum absolute atomic E-state index is 13.0. The van der Waals surface area contributed by atoms with Crippen LogP contribution in [0.1, 0.15) is 47.1 Å². The molecule has 2 aromatic carbocycles. The average Bonchev–Trinajstić information content (AvgIpc) is 2.59. The van der Waals surface area contributed by atoms with Crippen molar-refractivity contribution >= 4 is 29.3 Å². The maximum atomic E-state index is 13.0. The molecule has 1 N–H and O–H groups in total. The molecule has 2 aromatic rings. The van der Waals surface area contributed by atoms with Crippen molar-refractivity contribution in [2.24, 2.45) is 0 Å². The second-order valence-corrected chi connectivity index (χ2v) is 8.69. The molecule has 1 heterocycles. The molecule has 0 radical (unpaired) electrons. The van der Waals surface area contributed by atoms with Gasteiger partial charge in [-0.2, -0.15) is 0 Å². The zero-order chi connectivity index (χ0) is 18.9. The van der Waals surface area contributed by atoms with E-state index in [1.165, 1.54) is 0 Å². The second-order valence-electron chi connectivity index (χ2n) is 7.56. The summed E-state index contributed by atoms with van der Waals surface area (Å²) >= 11 is 1.72. The van der Waals surface area contributed by atoms with Gasteiger partial charge in [0.25, 0.3) is 11.8 Å². The van der Waals surface area contributed by atoms with Crippen molar-refractivity contribution in [3.05, 3.63) is 59.2 Å². The summed E-state index contributed by atoms with van der Waals surface area (Å²) < 4.78 is 0. The molecule has 0 atom stereocenters. The number of hydrogen-bond donors (Lipinski definition) is 1. The Kier molecular flexibility index (Phi) is 5.10. The van der Waals surface area contributed by atoms with Gasteiger partial charge in [-0.25, -0.2) is 0 Å². The minimum absolute atomic E-state index is 0.0278. The van der Waals surface area contributed by atoms with Crippen molar-refractivity contribution in [2.75, 3.05) is 17.2 Å². The van der Waals surface area contributed by atoms with E-state index in [4.69, 9.17) is 0 Å². The first-order valence-electron chi connectivity index (χ1n) is 8.72. The van der Waals surface area contributed by atoms with Gasteiger partial charge in [-0.3, -0.25) is 9.59 Å². The highest BCUT2D eigenvalue weighted by molar-refractivity contribution is 7.99. The van der Waals surface area contributed by atoms with Gasteiger partial charge in [-0.15, -0.1) is 11.8 Å². The van der Waals surface area contributed by atoms with Crippen LogP contribution in [0.2, 0.25) is 0 Å². The van der Waals surface area contributed by atoms with E-state index in [-0.39, 0.29) is 17.4 Å². The fourth-order valence-corrected chi connectivity index (χ4v) is 3.81. The van der Waals surface area contributed by atoms with Crippen molar-refractivity contribution in [1.82, 2.24) is 5.32 Å². The molecule has 0 fully saturated rings. The molecule has 0 saturated heterocycles. The summed E-state index contributed by atoms with van der Waals surface area (Å²) in [6, 6.07) is 13.2. The number of anilines is 1. The predicted octanol–water partition coefficient (Wildman–Crippen LogP) is 4.28. The first kappa shape index (κ1) is 18.5. The highest BCUT2D eigenvalue weighted by Crippen LogP contribution is 2.36. The van der Waals surface area contributed by atoms with Gasteiger partial charge < -0.3 is 10.2 Å². The fourth-order valence-electron chi connectivity index (χ4n) is 2.83. The Morgan fingerprint density at radius 2 is 1.69 bits per heavy atom. The van der Waals surface area contributed by atoms with E-state index in [0.717, 1.165) is 21.9 Å². The van der Waals surface area contributed by atoms with Gasteiger partial charge in [0.05, 0.1) is 5.69 Å². The molecule has 0 aromatic heterocycles. The van der Waals surface area contributed by atoms with Crippen LogP contribution in [0.15, 0.2) is 47.4 Å². The fraction of sp³-hybridized carbons (Fsp3) is 0.333. The Morgan fingerprint density at radius 1 is 1.04 bits per heavy atom. The smallest absolute Gasteiger partial charge is 0.258 e. The summed E-state index contributed by atoms with van der Waals surface area (Å²) in [4.78, 5) is 28.3. The molecule has 1 aliphatic rings. The normalized spacial score (nSPS) is 13.9. The molecule has 0 bridgehead atoms. The van der Waals surface area contributed by atoms with Crippen LogP contribution < -0.4 is 10.2 Å². The van der Waals surface area contributed by atoms with Gasteiger partial charge in [0, 0.05) is 33.9 Å². The van der Waals surface area contributed by atoms with Gasteiger partial charge in [0.2, 0.25) is 0 Å². The summed E-state index contributed by atoms with van der Waals surface area (Å²) in [6.45, 7) is 8.49. The van der Waals surface area contributed by atoms with Crippen LogP contribution in [0.4, 0.5) is 5.69 Å². The lowest BCUT2D eigenvalue weighted by Crippen LogP contribution is -2.41. The van der Waals surface area contributed by atoms with Crippen LogP contribution in [-0.4, -0.2) is 29.7 Å². The molecular formula is C21H24N2O2S. The van der Waals surface area contributed by atoms with Gasteiger partial charge in [0.15, 0.2) is 0 Å². The second kappa shape index (κ2) is 7.16. The number of nitrogens with zero attached hydrogens (tertiary/aromatic N) is 1. The third kappa shape index (κ3) is 4.10. The van der Waals surface area contributed by atoms with Crippen molar-refractivity contribution in [2.45, 2.75) is 38.1 Å². The predicted molar refractivity (Wildman–Crippen MR) is 107 cm³/mol. The minimum atomic E-state index is -0.306. The van der Waals surface area contributed by atoms with E-state index < -0.39 is 0 Å². The third-order valence-electron chi connectivity index (χ3n) is 4.12. The Morgan fingerprint density at radius 3 is 2.35 bits per heavy atom. The number of fused-ring (bicyclic) bond motifs is 1. The van der Waals surface area contributed by atoms with Crippen LogP contribution in [0.3, 0.4) is 0 Å². The zero-order valence-corrected chi connectivity index (χ0v) is 16.4. The number of carbonyl (C=O) groups excluding carboxylic acids is 2. The first-order valence-corrected chi connectivity index (χ1v) is 9.71. The standard InChI is InChI=1S/C21H24N2O2S/c1-14-5-7-15(8-6-14)20(25)23-11-12-26-18-10-9-16(13-17(18)23)19(24)22-21(2,3)4/h5-10,13H,11-12H2,1-4H3,(H,22,24). The molecule has 136 valence electrons. The third-order valence-corrected chi connectivity index (χ3v) is 5.16. The van der Waals surface area contributed by atoms with Crippen molar-refractivity contribution in [3.8, 4) is 0 Å². The summed E-state index contributed by atoms with van der Waals surface area (Å²) in [6.07, 6.45) is 0. The Labute approximate surface area is 159 Å². The topological polar surface area (TPSA) is 49.4 Å². The van der Waals surface area contributed by atoms with Gasteiger partial charge in [-0.1, -0.05) is 17.7 Å². The highest BCUT2D eigenvalue weighted by Gasteiger charge is 2.26. The summed E-state index contributed by atoms with van der Waals surface area (Å²) in [7, 11) is 0. The highest BCUT2D eigenvalue weighted by atomic mass is 32.2. The quantitative estimate of drug-likeness (QED) is 0.861. The Hall–Kier alpha value is -2.27. The molecule has 1 aliphatic heterocycles. The molecule has 0 unspecified atom stereocenters.